The maximum atomic E-state index is 13.7. The maximum Gasteiger partial charge on any atom is 0.262 e. The summed E-state index contributed by atoms with van der Waals surface area (Å²) < 4.78 is 40.9. The molecule has 0 spiro atoms. The third kappa shape index (κ3) is 6.72. The first-order valence-electron chi connectivity index (χ1n) is 13.1. The number of benzene rings is 2. The van der Waals surface area contributed by atoms with Gasteiger partial charge in [-0.3, -0.25) is 19.4 Å². The fraction of sp³-hybridized carbons (Fsp3) is 0.379. The van der Waals surface area contributed by atoms with Crippen LogP contribution in [0.4, 0.5) is 5.69 Å². The highest BCUT2D eigenvalue weighted by Crippen LogP contribution is 2.36. The van der Waals surface area contributed by atoms with Gasteiger partial charge in [-0.2, -0.15) is 0 Å². The Morgan fingerprint density at radius 3 is 2.52 bits per heavy atom. The Kier molecular flexibility index (Phi) is 9.28. The number of fused-ring (bicyclic) bond motifs is 1. The highest BCUT2D eigenvalue weighted by Gasteiger charge is 2.35. The van der Waals surface area contributed by atoms with E-state index in [2.05, 4.69) is 14.6 Å². The number of aliphatic hydroxyl groups is 1. The summed E-state index contributed by atoms with van der Waals surface area (Å²) in [5, 5.41) is 9.91. The predicted octanol–water partition coefficient (Wildman–Crippen LogP) is 3.24. The van der Waals surface area contributed by atoms with Crippen LogP contribution >= 0.6 is 0 Å². The summed E-state index contributed by atoms with van der Waals surface area (Å²) in [6.07, 6.45) is 3.10. The van der Waals surface area contributed by atoms with E-state index in [0.717, 1.165) is 5.56 Å². The molecular formula is C29H36N4O6S. The number of methoxy groups -OCH3 is 1. The number of aromatic nitrogens is 1. The normalized spacial score (nSPS) is 18.4. The van der Waals surface area contributed by atoms with Gasteiger partial charge in [0.2, 0.25) is 0 Å². The summed E-state index contributed by atoms with van der Waals surface area (Å²) in [6, 6.07) is 14.3. The molecule has 2 aromatic carbocycles. The van der Waals surface area contributed by atoms with Gasteiger partial charge in [0.25, 0.3) is 15.9 Å². The number of sulfonamides is 1. The molecule has 1 aliphatic heterocycles. The number of hydrogen-bond donors (Lipinski definition) is 2. The predicted molar refractivity (Wildman–Crippen MR) is 152 cm³/mol. The van der Waals surface area contributed by atoms with Crippen LogP contribution in [0.5, 0.6) is 11.5 Å². The number of nitrogens with zero attached hydrogens (tertiary/aromatic N) is 3. The Hall–Kier alpha value is -3.67. The lowest BCUT2D eigenvalue weighted by atomic mass is 9.99. The molecule has 1 aromatic heterocycles. The summed E-state index contributed by atoms with van der Waals surface area (Å²) in [6.45, 7) is 5.11. The zero-order valence-electron chi connectivity index (χ0n) is 23.1. The van der Waals surface area contributed by atoms with Gasteiger partial charge in [0.15, 0.2) is 5.75 Å². The summed E-state index contributed by atoms with van der Waals surface area (Å²) in [5.41, 5.74) is 1.48. The van der Waals surface area contributed by atoms with Gasteiger partial charge in [-0.15, -0.1) is 0 Å². The third-order valence-electron chi connectivity index (χ3n) is 7.00. The number of pyridine rings is 1. The molecule has 0 bridgehead atoms. The van der Waals surface area contributed by atoms with Crippen molar-refractivity contribution < 1.29 is 27.8 Å². The number of nitrogens with one attached hydrogen (secondary N) is 1. The number of para-hydroxylation sites is 1. The second-order valence-electron chi connectivity index (χ2n) is 10.1. The van der Waals surface area contributed by atoms with Crippen molar-refractivity contribution in [1.29, 1.82) is 0 Å². The van der Waals surface area contributed by atoms with Crippen molar-refractivity contribution in [3.05, 3.63) is 78.1 Å². The minimum Gasteiger partial charge on any atom is -0.497 e. The lowest BCUT2D eigenvalue weighted by Crippen LogP contribution is -2.49. The summed E-state index contributed by atoms with van der Waals surface area (Å²) >= 11 is 0. The first kappa shape index (κ1) is 29.3. The summed E-state index contributed by atoms with van der Waals surface area (Å²) in [4.78, 5) is 21.6. The first-order valence-corrected chi connectivity index (χ1v) is 14.6. The van der Waals surface area contributed by atoms with Crippen molar-refractivity contribution in [3.63, 3.8) is 0 Å². The van der Waals surface area contributed by atoms with E-state index >= 15 is 0 Å². The van der Waals surface area contributed by atoms with Gasteiger partial charge in [0.1, 0.15) is 11.9 Å². The molecule has 4 rings (SSSR count). The fourth-order valence-corrected chi connectivity index (χ4v) is 5.73. The number of amides is 1. The SMILES string of the molecule is COc1ccc(S(=O)(=O)Nc2cccc3c2O[C@H](CN(C)Cc2ccncc2)[C@@H](C)CN([C@H](C)CO)C3=O)cc1. The maximum absolute atomic E-state index is 13.7. The molecule has 10 nitrogen and oxygen atoms in total. The van der Waals surface area contributed by atoms with Crippen LogP contribution in [0.1, 0.15) is 29.8 Å². The minimum absolute atomic E-state index is 0.0422. The van der Waals surface area contributed by atoms with E-state index < -0.39 is 22.2 Å². The second kappa shape index (κ2) is 12.7. The smallest absolute Gasteiger partial charge is 0.262 e. The van der Waals surface area contributed by atoms with Crippen molar-refractivity contribution in [2.45, 2.75) is 37.4 Å². The molecule has 0 fully saturated rings. The zero-order valence-corrected chi connectivity index (χ0v) is 24.0. The van der Waals surface area contributed by atoms with E-state index in [9.17, 15) is 18.3 Å². The van der Waals surface area contributed by atoms with Crippen LogP contribution in [0.2, 0.25) is 0 Å². The molecular weight excluding hydrogens is 532 g/mol. The van der Waals surface area contributed by atoms with Crippen LogP contribution in [0.3, 0.4) is 0 Å². The van der Waals surface area contributed by atoms with E-state index in [4.69, 9.17) is 9.47 Å². The fourth-order valence-electron chi connectivity index (χ4n) is 4.67. The average Bonchev–Trinajstić information content (AvgIpc) is 2.95. The molecule has 2 N–H and O–H groups in total. The lowest BCUT2D eigenvalue weighted by Gasteiger charge is -2.38. The van der Waals surface area contributed by atoms with Gasteiger partial charge >= 0.3 is 0 Å². The number of hydrogen-bond acceptors (Lipinski definition) is 8. The molecule has 0 radical (unpaired) electrons. The number of rotatable bonds is 10. The van der Waals surface area contributed by atoms with Crippen molar-refractivity contribution in [1.82, 2.24) is 14.8 Å². The minimum atomic E-state index is -4.01. The Morgan fingerprint density at radius 2 is 1.88 bits per heavy atom. The summed E-state index contributed by atoms with van der Waals surface area (Å²) in [7, 11) is -0.522. The molecule has 214 valence electrons. The van der Waals surface area contributed by atoms with Crippen molar-refractivity contribution in [2.75, 3.05) is 38.6 Å². The van der Waals surface area contributed by atoms with Crippen LogP contribution in [0, 0.1) is 5.92 Å². The van der Waals surface area contributed by atoms with Gasteiger partial charge in [0.05, 0.1) is 35.9 Å². The van der Waals surface area contributed by atoms with Crippen LogP contribution in [-0.4, -0.2) is 80.2 Å². The molecule has 40 heavy (non-hydrogen) atoms. The van der Waals surface area contributed by atoms with E-state index in [1.807, 2.05) is 26.1 Å². The molecule has 1 aliphatic rings. The van der Waals surface area contributed by atoms with Crippen LogP contribution in [0.15, 0.2) is 71.9 Å². The number of anilines is 1. The first-order chi connectivity index (χ1) is 19.1. The molecule has 0 saturated heterocycles. The lowest BCUT2D eigenvalue weighted by molar-refractivity contribution is 0.0344. The molecule has 0 saturated carbocycles. The molecule has 1 amide bonds. The number of ether oxygens (including phenoxy) is 2. The van der Waals surface area contributed by atoms with Gasteiger partial charge in [-0.05, 0) is 68.1 Å². The zero-order chi connectivity index (χ0) is 28.9. The van der Waals surface area contributed by atoms with Crippen molar-refractivity contribution in [2.24, 2.45) is 5.92 Å². The van der Waals surface area contributed by atoms with E-state index in [0.29, 0.717) is 25.4 Å². The molecule has 0 unspecified atom stereocenters. The molecule has 0 aliphatic carbocycles. The van der Waals surface area contributed by atoms with Crippen molar-refractivity contribution >= 4 is 21.6 Å². The Bertz CT molecular complexity index is 1400. The average molecular weight is 569 g/mol. The topological polar surface area (TPSA) is 121 Å². The summed E-state index contributed by atoms with van der Waals surface area (Å²) in [5.74, 6) is 0.229. The van der Waals surface area contributed by atoms with Crippen LogP contribution in [-0.2, 0) is 16.6 Å². The van der Waals surface area contributed by atoms with Crippen LogP contribution in [0.25, 0.3) is 0 Å². The van der Waals surface area contributed by atoms with Gasteiger partial charge in [-0.1, -0.05) is 13.0 Å². The van der Waals surface area contributed by atoms with E-state index in [1.165, 1.54) is 19.2 Å². The quantitative estimate of drug-likeness (QED) is 0.382. The molecule has 3 atom stereocenters. The number of carbonyl (C=O) groups excluding carboxylic acids is 1. The Morgan fingerprint density at radius 1 is 1.18 bits per heavy atom. The van der Waals surface area contributed by atoms with Gasteiger partial charge in [0, 0.05) is 37.9 Å². The highest BCUT2D eigenvalue weighted by atomic mass is 32.2. The monoisotopic (exact) mass is 568 g/mol. The largest absolute Gasteiger partial charge is 0.497 e. The highest BCUT2D eigenvalue weighted by molar-refractivity contribution is 7.92. The third-order valence-corrected chi connectivity index (χ3v) is 8.38. The Balaban J connectivity index is 1.70. The molecule has 2 heterocycles. The van der Waals surface area contributed by atoms with Gasteiger partial charge in [-0.25, -0.2) is 8.42 Å². The second-order valence-corrected chi connectivity index (χ2v) is 11.8. The van der Waals surface area contributed by atoms with Crippen LogP contribution < -0.4 is 14.2 Å². The molecule has 11 heteroatoms. The molecule has 3 aromatic rings. The van der Waals surface area contributed by atoms with E-state index in [1.54, 1.807) is 54.5 Å². The number of aliphatic hydroxyl groups excluding tert-OH is 1. The number of likely N-dealkylation sites (N-methyl/N-ethyl adjacent to an activating group) is 1. The van der Waals surface area contributed by atoms with Crippen molar-refractivity contribution in [3.8, 4) is 11.5 Å². The van der Waals surface area contributed by atoms with E-state index in [-0.39, 0.29) is 40.3 Å². The number of carbonyl (C=O) groups is 1. The standard InChI is InChI=1S/C29H36N4O6S/c1-20-16-33(21(2)19-34)29(35)25-6-5-7-26(31-40(36,37)24-10-8-23(38-4)9-11-24)28(25)39-27(20)18-32(3)17-22-12-14-30-15-13-22/h5-15,20-21,27,31,34H,16-19H2,1-4H3/t20-,21+,27+/m0/s1. The van der Waals surface area contributed by atoms with Gasteiger partial charge < -0.3 is 19.5 Å². The Labute approximate surface area is 235 Å².